The molecule has 1 unspecified atom stereocenters. The van der Waals surface area contributed by atoms with E-state index in [4.69, 9.17) is 5.73 Å². The number of rotatable bonds is 7. The van der Waals surface area contributed by atoms with Gasteiger partial charge in [0.2, 0.25) is 0 Å². The average Bonchev–Trinajstić information content (AvgIpc) is 2.46. The molecule has 2 N–H and O–H groups in total. The fourth-order valence-electron chi connectivity index (χ4n) is 2.56. The Morgan fingerprint density at radius 3 is 2.68 bits per heavy atom. The summed E-state index contributed by atoms with van der Waals surface area (Å²) in [6, 6.07) is 10.5. The molecular weight excluding hydrogens is 232 g/mol. The molecule has 0 aliphatic carbocycles. The van der Waals surface area contributed by atoms with Crippen molar-refractivity contribution in [2.75, 3.05) is 0 Å². The number of hydrogen-bond donors (Lipinski definition) is 1. The van der Waals surface area contributed by atoms with Crippen LogP contribution in [0.4, 0.5) is 0 Å². The summed E-state index contributed by atoms with van der Waals surface area (Å²) in [5, 5.41) is 1.20. The highest BCUT2D eigenvalue weighted by Gasteiger charge is 2.09. The minimum Gasteiger partial charge on any atom is -0.324 e. The summed E-state index contributed by atoms with van der Waals surface area (Å²) < 4.78 is 0. The van der Waals surface area contributed by atoms with Crippen LogP contribution in [0.2, 0.25) is 0 Å². The van der Waals surface area contributed by atoms with E-state index in [0.717, 1.165) is 11.9 Å². The van der Waals surface area contributed by atoms with E-state index in [2.05, 4.69) is 30.1 Å². The molecule has 0 bridgehead atoms. The number of pyridine rings is 1. The number of benzene rings is 1. The van der Waals surface area contributed by atoms with E-state index in [1.165, 1.54) is 43.1 Å². The van der Waals surface area contributed by atoms with E-state index in [1.54, 1.807) is 0 Å². The molecule has 19 heavy (non-hydrogen) atoms. The zero-order chi connectivity index (χ0) is 13.5. The first kappa shape index (κ1) is 14.0. The molecule has 0 aliphatic heterocycles. The number of nitrogens with two attached hydrogens (primary N) is 1. The fraction of sp³-hybridized carbons (Fsp3) is 0.471. The van der Waals surface area contributed by atoms with Gasteiger partial charge in [-0.15, -0.1) is 0 Å². The quantitative estimate of drug-likeness (QED) is 0.735. The normalized spacial score (nSPS) is 12.7. The maximum atomic E-state index is 6.35. The molecule has 2 heteroatoms. The van der Waals surface area contributed by atoms with Crippen LogP contribution < -0.4 is 5.73 Å². The first-order valence-corrected chi connectivity index (χ1v) is 7.42. The summed E-state index contributed by atoms with van der Waals surface area (Å²) in [7, 11) is 0. The first-order chi connectivity index (χ1) is 9.33. The van der Waals surface area contributed by atoms with Crippen molar-refractivity contribution in [3.05, 3.63) is 42.1 Å². The van der Waals surface area contributed by atoms with E-state index >= 15 is 0 Å². The molecule has 1 heterocycles. The molecular formula is C17H24N2. The SMILES string of the molecule is CCCCCCCC(N)c1ccnc2ccccc12. The fourth-order valence-corrected chi connectivity index (χ4v) is 2.56. The van der Waals surface area contributed by atoms with Crippen molar-refractivity contribution in [2.24, 2.45) is 5.73 Å². The summed E-state index contributed by atoms with van der Waals surface area (Å²) in [5.74, 6) is 0. The third kappa shape index (κ3) is 3.77. The summed E-state index contributed by atoms with van der Waals surface area (Å²) in [5.41, 5.74) is 8.63. The van der Waals surface area contributed by atoms with Gasteiger partial charge in [-0.25, -0.2) is 0 Å². The van der Waals surface area contributed by atoms with E-state index in [-0.39, 0.29) is 6.04 Å². The Balaban J connectivity index is 1.99. The number of hydrogen-bond acceptors (Lipinski definition) is 2. The van der Waals surface area contributed by atoms with Crippen LogP contribution in [-0.2, 0) is 0 Å². The van der Waals surface area contributed by atoms with Crippen LogP contribution in [0.1, 0.15) is 57.1 Å². The zero-order valence-electron chi connectivity index (χ0n) is 11.8. The van der Waals surface area contributed by atoms with E-state index in [1.807, 2.05) is 18.3 Å². The molecule has 0 spiro atoms. The van der Waals surface area contributed by atoms with Gasteiger partial charge in [0.05, 0.1) is 5.52 Å². The lowest BCUT2D eigenvalue weighted by molar-refractivity contribution is 0.557. The maximum absolute atomic E-state index is 6.35. The molecule has 0 amide bonds. The van der Waals surface area contributed by atoms with Gasteiger partial charge < -0.3 is 5.73 Å². The second-order valence-electron chi connectivity index (χ2n) is 5.23. The zero-order valence-corrected chi connectivity index (χ0v) is 11.8. The third-order valence-corrected chi connectivity index (χ3v) is 3.70. The minimum absolute atomic E-state index is 0.134. The van der Waals surface area contributed by atoms with Crippen LogP contribution in [0.3, 0.4) is 0 Å². The van der Waals surface area contributed by atoms with Crippen LogP contribution in [0.15, 0.2) is 36.5 Å². The van der Waals surface area contributed by atoms with Crippen molar-refractivity contribution in [3.63, 3.8) is 0 Å². The van der Waals surface area contributed by atoms with Gasteiger partial charge >= 0.3 is 0 Å². The molecule has 2 aromatic rings. The van der Waals surface area contributed by atoms with Gasteiger partial charge in [0.25, 0.3) is 0 Å². The molecule has 1 aromatic carbocycles. The number of fused-ring (bicyclic) bond motifs is 1. The van der Waals surface area contributed by atoms with E-state index < -0.39 is 0 Å². The number of aromatic nitrogens is 1. The van der Waals surface area contributed by atoms with Crippen molar-refractivity contribution in [1.82, 2.24) is 4.98 Å². The van der Waals surface area contributed by atoms with Gasteiger partial charge in [0.15, 0.2) is 0 Å². The second-order valence-corrected chi connectivity index (χ2v) is 5.23. The van der Waals surface area contributed by atoms with Gasteiger partial charge in [-0.05, 0) is 24.1 Å². The molecule has 0 saturated carbocycles. The van der Waals surface area contributed by atoms with Gasteiger partial charge in [0, 0.05) is 17.6 Å². The third-order valence-electron chi connectivity index (χ3n) is 3.70. The lowest BCUT2D eigenvalue weighted by atomic mass is 9.97. The molecule has 102 valence electrons. The predicted molar refractivity (Wildman–Crippen MR) is 82.0 cm³/mol. The Morgan fingerprint density at radius 1 is 1.05 bits per heavy atom. The van der Waals surface area contributed by atoms with Crippen LogP contribution in [0.25, 0.3) is 10.9 Å². The Kier molecular flexibility index (Phi) is 5.34. The Morgan fingerprint density at radius 2 is 1.84 bits per heavy atom. The summed E-state index contributed by atoms with van der Waals surface area (Å²) >= 11 is 0. The Labute approximate surface area is 116 Å². The second kappa shape index (κ2) is 7.25. The highest BCUT2D eigenvalue weighted by Crippen LogP contribution is 2.24. The van der Waals surface area contributed by atoms with Crippen molar-refractivity contribution >= 4 is 10.9 Å². The van der Waals surface area contributed by atoms with Crippen LogP contribution in [0.5, 0.6) is 0 Å². The van der Waals surface area contributed by atoms with Gasteiger partial charge in [-0.3, -0.25) is 4.98 Å². The molecule has 2 rings (SSSR count). The van der Waals surface area contributed by atoms with Gasteiger partial charge in [-0.1, -0.05) is 57.2 Å². The highest BCUT2D eigenvalue weighted by atomic mass is 14.7. The van der Waals surface area contributed by atoms with Crippen molar-refractivity contribution < 1.29 is 0 Å². The maximum Gasteiger partial charge on any atom is 0.0705 e. The standard InChI is InChI=1S/C17H24N2/c1-2-3-4-5-6-10-16(18)14-12-13-19-17-11-8-7-9-15(14)17/h7-9,11-13,16H,2-6,10,18H2,1H3. The largest absolute Gasteiger partial charge is 0.324 e. The highest BCUT2D eigenvalue weighted by molar-refractivity contribution is 5.82. The Hall–Kier alpha value is -1.41. The smallest absolute Gasteiger partial charge is 0.0705 e. The lowest BCUT2D eigenvalue weighted by Gasteiger charge is -2.14. The molecule has 0 fully saturated rings. The molecule has 0 aliphatic rings. The topological polar surface area (TPSA) is 38.9 Å². The molecule has 1 aromatic heterocycles. The average molecular weight is 256 g/mol. The van der Waals surface area contributed by atoms with E-state index in [9.17, 15) is 0 Å². The van der Waals surface area contributed by atoms with Gasteiger partial charge in [0.1, 0.15) is 0 Å². The lowest BCUT2D eigenvalue weighted by Crippen LogP contribution is -2.10. The van der Waals surface area contributed by atoms with Crippen molar-refractivity contribution in [3.8, 4) is 0 Å². The summed E-state index contributed by atoms with van der Waals surface area (Å²) in [6.45, 7) is 2.24. The van der Waals surface area contributed by atoms with Crippen LogP contribution in [0, 0.1) is 0 Å². The molecule has 0 saturated heterocycles. The van der Waals surface area contributed by atoms with Gasteiger partial charge in [-0.2, -0.15) is 0 Å². The van der Waals surface area contributed by atoms with Crippen LogP contribution in [-0.4, -0.2) is 4.98 Å². The van der Waals surface area contributed by atoms with Crippen molar-refractivity contribution in [2.45, 2.75) is 51.5 Å². The Bertz CT molecular complexity index is 502. The molecule has 1 atom stereocenters. The molecule has 0 radical (unpaired) electrons. The number of para-hydroxylation sites is 1. The summed E-state index contributed by atoms with van der Waals surface area (Å²) in [4.78, 5) is 4.39. The minimum atomic E-state index is 0.134. The summed E-state index contributed by atoms with van der Waals surface area (Å²) in [6.07, 6.45) is 9.42. The van der Waals surface area contributed by atoms with E-state index in [0.29, 0.717) is 0 Å². The molecule has 2 nitrogen and oxygen atoms in total. The number of nitrogens with zero attached hydrogens (tertiary/aromatic N) is 1. The first-order valence-electron chi connectivity index (χ1n) is 7.42. The monoisotopic (exact) mass is 256 g/mol. The van der Waals surface area contributed by atoms with Crippen molar-refractivity contribution in [1.29, 1.82) is 0 Å². The predicted octanol–water partition coefficient (Wildman–Crippen LogP) is 4.60. The number of unbranched alkanes of at least 4 members (excludes halogenated alkanes) is 4. The van der Waals surface area contributed by atoms with Crippen LogP contribution >= 0.6 is 0 Å².